The van der Waals surface area contributed by atoms with Gasteiger partial charge in [0.15, 0.2) is 0 Å². The molecule has 0 aromatic heterocycles. The van der Waals surface area contributed by atoms with Crippen LogP contribution in [-0.4, -0.2) is 5.11 Å². The van der Waals surface area contributed by atoms with Crippen molar-refractivity contribution in [1.29, 1.82) is 0 Å². The molecular weight excluding hydrogens is 324 g/mol. The fourth-order valence-electron chi connectivity index (χ4n) is 3.22. The molecule has 0 heterocycles. The van der Waals surface area contributed by atoms with Gasteiger partial charge in [0.05, 0.1) is 0 Å². The third-order valence-electron chi connectivity index (χ3n) is 4.17. The Balaban J connectivity index is 2.10. The molecule has 1 N–H and O–H groups in total. The Morgan fingerprint density at radius 2 is 1.38 bits per heavy atom. The van der Waals surface area contributed by atoms with Gasteiger partial charge in [-0.25, -0.2) is 0 Å². The quantitative estimate of drug-likeness (QED) is 0.682. The van der Waals surface area contributed by atoms with Crippen LogP contribution in [0.5, 0.6) is 0 Å². The smallest absolute Gasteiger partial charge is 0.141 e. The van der Waals surface area contributed by atoms with Gasteiger partial charge in [-0.15, -0.1) is 0 Å². The number of halogens is 1. The zero-order valence-corrected chi connectivity index (χ0v) is 12.8. The van der Waals surface area contributed by atoms with Crippen LogP contribution in [0, 0.1) is 0 Å². The molecular formula is C19H13BrO. The second-order valence-electron chi connectivity index (χ2n) is 5.31. The van der Waals surface area contributed by atoms with E-state index in [0.717, 1.165) is 32.3 Å². The molecule has 0 spiro atoms. The van der Waals surface area contributed by atoms with Gasteiger partial charge in [-0.1, -0.05) is 76.6 Å². The van der Waals surface area contributed by atoms with Crippen molar-refractivity contribution in [3.8, 4) is 11.1 Å². The van der Waals surface area contributed by atoms with Crippen molar-refractivity contribution < 1.29 is 5.11 Å². The summed E-state index contributed by atoms with van der Waals surface area (Å²) in [6.45, 7) is 0. The van der Waals surface area contributed by atoms with Crippen LogP contribution in [0.4, 0.5) is 0 Å². The van der Waals surface area contributed by atoms with Gasteiger partial charge in [-0.3, -0.25) is 0 Å². The molecule has 0 fully saturated rings. The Hall–Kier alpha value is -1.90. The molecule has 0 amide bonds. The minimum atomic E-state index is -1.09. The van der Waals surface area contributed by atoms with Gasteiger partial charge in [-0.2, -0.15) is 0 Å². The molecule has 102 valence electrons. The van der Waals surface area contributed by atoms with Crippen molar-refractivity contribution in [1.82, 2.24) is 0 Å². The molecule has 4 rings (SSSR count). The van der Waals surface area contributed by atoms with Gasteiger partial charge < -0.3 is 5.11 Å². The minimum Gasteiger partial charge on any atom is -0.376 e. The molecule has 2 heteroatoms. The molecule has 0 saturated heterocycles. The molecule has 1 atom stereocenters. The number of aliphatic hydroxyl groups is 1. The molecule has 0 aliphatic heterocycles. The van der Waals surface area contributed by atoms with Crippen LogP contribution in [-0.2, 0) is 5.60 Å². The van der Waals surface area contributed by atoms with E-state index in [0.29, 0.717) is 0 Å². The zero-order chi connectivity index (χ0) is 14.4. The Bertz CT molecular complexity index is 826. The lowest BCUT2D eigenvalue weighted by Gasteiger charge is -2.26. The molecule has 0 saturated carbocycles. The van der Waals surface area contributed by atoms with Crippen molar-refractivity contribution in [3.05, 3.63) is 94.0 Å². The lowest BCUT2D eigenvalue weighted by Crippen LogP contribution is -2.26. The third-order valence-corrected chi connectivity index (χ3v) is 4.66. The van der Waals surface area contributed by atoms with E-state index in [1.807, 2.05) is 60.7 Å². The van der Waals surface area contributed by atoms with E-state index in [9.17, 15) is 5.11 Å². The average Bonchev–Trinajstić information content (AvgIpc) is 2.79. The highest BCUT2D eigenvalue weighted by molar-refractivity contribution is 9.10. The van der Waals surface area contributed by atoms with Crippen LogP contribution in [0.3, 0.4) is 0 Å². The first-order chi connectivity index (χ1) is 10.2. The highest BCUT2D eigenvalue weighted by Crippen LogP contribution is 2.51. The van der Waals surface area contributed by atoms with Gasteiger partial charge in [0.2, 0.25) is 0 Å². The van der Waals surface area contributed by atoms with E-state index in [1.54, 1.807) is 0 Å². The SMILES string of the molecule is O[C@]1(c2ccccc2)c2ccccc2-c2ccc(Br)cc21. The Labute approximate surface area is 132 Å². The van der Waals surface area contributed by atoms with Gasteiger partial charge in [-0.05, 0) is 28.8 Å². The zero-order valence-electron chi connectivity index (χ0n) is 11.3. The van der Waals surface area contributed by atoms with E-state index in [1.165, 1.54) is 0 Å². The molecule has 3 aromatic carbocycles. The molecule has 1 aliphatic rings. The van der Waals surface area contributed by atoms with Crippen LogP contribution in [0.2, 0.25) is 0 Å². The largest absolute Gasteiger partial charge is 0.376 e. The first-order valence-electron chi connectivity index (χ1n) is 6.89. The lowest BCUT2D eigenvalue weighted by atomic mass is 9.84. The van der Waals surface area contributed by atoms with Gasteiger partial charge in [0.1, 0.15) is 5.60 Å². The molecule has 0 unspecified atom stereocenters. The van der Waals surface area contributed by atoms with Crippen molar-refractivity contribution in [2.24, 2.45) is 0 Å². The summed E-state index contributed by atoms with van der Waals surface area (Å²) >= 11 is 3.52. The number of rotatable bonds is 1. The van der Waals surface area contributed by atoms with Crippen LogP contribution in [0.25, 0.3) is 11.1 Å². The van der Waals surface area contributed by atoms with Crippen LogP contribution >= 0.6 is 15.9 Å². The van der Waals surface area contributed by atoms with Crippen molar-refractivity contribution in [3.63, 3.8) is 0 Å². The monoisotopic (exact) mass is 336 g/mol. The van der Waals surface area contributed by atoms with Crippen molar-refractivity contribution in [2.75, 3.05) is 0 Å². The second kappa shape index (κ2) is 4.55. The van der Waals surface area contributed by atoms with Gasteiger partial charge in [0, 0.05) is 15.6 Å². The lowest BCUT2D eigenvalue weighted by molar-refractivity contribution is 0.130. The number of hydrogen-bond donors (Lipinski definition) is 1. The summed E-state index contributed by atoms with van der Waals surface area (Å²) in [6.07, 6.45) is 0. The summed E-state index contributed by atoms with van der Waals surface area (Å²) in [4.78, 5) is 0. The van der Waals surface area contributed by atoms with E-state index >= 15 is 0 Å². The summed E-state index contributed by atoms with van der Waals surface area (Å²) in [6, 6.07) is 24.0. The molecule has 1 aliphatic carbocycles. The predicted octanol–water partition coefficient (Wildman–Crippen LogP) is 4.71. The highest BCUT2D eigenvalue weighted by atomic mass is 79.9. The summed E-state index contributed by atoms with van der Waals surface area (Å²) in [5, 5.41) is 11.6. The molecule has 0 bridgehead atoms. The van der Waals surface area contributed by atoms with Crippen LogP contribution < -0.4 is 0 Å². The van der Waals surface area contributed by atoms with Gasteiger partial charge in [0.25, 0.3) is 0 Å². The van der Waals surface area contributed by atoms with E-state index < -0.39 is 5.60 Å². The first kappa shape index (κ1) is 12.8. The maximum absolute atomic E-state index is 11.6. The van der Waals surface area contributed by atoms with Crippen LogP contribution in [0.15, 0.2) is 77.3 Å². The maximum atomic E-state index is 11.6. The highest BCUT2D eigenvalue weighted by Gasteiger charge is 2.42. The normalized spacial score (nSPS) is 19.1. The standard InChI is InChI=1S/C19H13BrO/c20-14-10-11-16-15-8-4-5-9-17(15)19(21,18(16)12-14)13-6-2-1-3-7-13/h1-12,21H/t19-/m1/s1. The summed E-state index contributed by atoms with van der Waals surface area (Å²) in [7, 11) is 0. The Kier molecular flexibility index (Phi) is 2.78. The fraction of sp³-hybridized carbons (Fsp3) is 0.0526. The second-order valence-corrected chi connectivity index (χ2v) is 6.23. The molecule has 21 heavy (non-hydrogen) atoms. The van der Waals surface area contributed by atoms with E-state index in [4.69, 9.17) is 0 Å². The summed E-state index contributed by atoms with van der Waals surface area (Å²) in [5.74, 6) is 0. The Morgan fingerprint density at radius 3 is 2.19 bits per heavy atom. The van der Waals surface area contributed by atoms with E-state index in [2.05, 4.69) is 28.1 Å². The Morgan fingerprint density at radius 1 is 0.714 bits per heavy atom. The van der Waals surface area contributed by atoms with Gasteiger partial charge >= 0.3 is 0 Å². The topological polar surface area (TPSA) is 20.2 Å². The van der Waals surface area contributed by atoms with E-state index in [-0.39, 0.29) is 0 Å². The average molecular weight is 337 g/mol. The predicted molar refractivity (Wildman–Crippen MR) is 88.1 cm³/mol. The fourth-order valence-corrected chi connectivity index (χ4v) is 3.58. The third kappa shape index (κ3) is 1.73. The first-order valence-corrected chi connectivity index (χ1v) is 7.68. The summed E-state index contributed by atoms with van der Waals surface area (Å²) < 4.78 is 0.975. The maximum Gasteiger partial charge on any atom is 0.141 e. The number of fused-ring (bicyclic) bond motifs is 3. The van der Waals surface area contributed by atoms with Crippen molar-refractivity contribution in [2.45, 2.75) is 5.60 Å². The van der Waals surface area contributed by atoms with Crippen molar-refractivity contribution >= 4 is 15.9 Å². The molecule has 1 nitrogen and oxygen atoms in total. The summed E-state index contributed by atoms with van der Waals surface area (Å²) in [5.41, 5.74) is 3.89. The minimum absolute atomic E-state index is 0.898. The molecule has 3 aromatic rings. The van der Waals surface area contributed by atoms with Crippen LogP contribution in [0.1, 0.15) is 16.7 Å². The molecule has 0 radical (unpaired) electrons. The number of hydrogen-bond acceptors (Lipinski definition) is 1. The number of benzene rings is 3.